The average Bonchev–Trinajstić information content (AvgIpc) is 2.17. The highest BCUT2D eigenvalue weighted by molar-refractivity contribution is 5.74. The Morgan fingerprint density at radius 2 is 2.38 bits per heavy atom. The monoisotopic (exact) mass is 179 g/mol. The minimum Gasteiger partial charge on any atom is -0.376 e. The molecule has 68 valence electrons. The van der Waals surface area contributed by atoms with Crippen molar-refractivity contribution in [2.24, 2.45) is 0 Å². The maximum absolute atomic E-state index is 11.2. The van der Waals surface area contributed by atoms with Gasteiger partial charge in [0.15, 0.2) is 6.29 Å². The predicted molar refractivity (Wildman–Crippen MR) is 45.8 cm³/mol. The van der Waals surface area contributed by atoms with Gasteiger partial charge in [-0.3, -0.25) is 9.59 Å². The van der Waals surface area contributed by atoms with Crippen molar-refractivity contribution in [1.29, 1.82) is 0 Å². The molecule has 1 aromatic heterocycles. The summed E-state index contributed by atoms with van der Waals surface area (Å²) < 4.78 is 5.20. The lowest BCUT2D eigenvalue weighted by Gasteiger charge is -2.15. The molecule has 0 amide bonds. The van der Waals surface area contributed by atoms with E-state index in [9.17, 15) is 9.59 Å². The minimum absolute atomic E-state index is 0.171. The number of H-pyrrole nitrogens is 1. The van der Waals surface area contributed by atoms with Crippen molar-refractivity contribution in [3.8, 4) is 0 Å². The summed E-state index contributed by atoms with van der Waals surface area (Å²) in [4.78, 5) is 24.3. The minimum atomic E-state index is -0.310. The van der Waals surface area contributed by atoms with Gasteiger partial charge in [0.1, 0.15) is 0 Å². The van der Waals surface area contributed by atoms with Gasteiger partial charge in [0.25, 0.3) is 5.56 Å². The van der Waals surface area contributed by atoms with E-state index in [-0.39, 0.29) is 11.1 Å². The third-order valence-corrected chi connectivity index (χ3v) is 2.12. The summed E-state index contributed by atoms with van der Waals surface area (Å²) >= 11 is 0. The van der Waals surface area contributed by atoms with Crippen molar-refractivity contribution < 1.29 is 9.53 Å². The smallest absolute Gasteiger partial charge is 0.258 e. The Hall–Kier alpha value is -1.42. The SMILES string of the molecule is O=Cc1cc2c([nH]c1=O)CCOC2. The van der Waals surface area contributed by atoms with Crippen LogP contribution in [0.4, 0.5) is 0 Å². The van der Waals surface area contributed by atoms with Gasteiger partial charge in [0, 0.05) is 12.1 Å². The Kier molecular flexibility index (Phi) is 1.98. The number of fused-ring (bicyclic) bond motifs is 1. The van der Waals surface area contributed by atoms with Gasteiger partial charge in [-0.1, -0.05) is 0 Å². The third-order valence-electron chi connectivity index (χ3n) is 2.12. The largest absolute Gasteiger partial charge is 0.376 e. The Labute approximate surface area is 74.5 Å². The van der Waals surface area contributed by atoms with Gasteiger partial charge in [0.05, 0.1) is 18.8 Å². The Bertz CT molecular complexity index is 394. The second-order valence-corrected chi connectivity index (χ2v) is 2.98. The summed E-state index contributed by atoms with van der Waals surface area (Å²) in [7, 11) is 0. The Morgan fingerprint density at radius 1 is 1.54 bits per heavy atom. The second kappa shape index (κ2) is 3.14. The normalized spacial score (nSPS) is 15.1. The van der Waals surface area contributed by atoms with Crippen LogP contribution in [0.15, 0.2) is 10.9 Å². The fourth-order valence-electron chi connectivity index (χ4n) is 1.43. The van der Waals surface area contributed by atoms with Crippen LogP contribution < -0.4 is 5.56 Å². The third kappa shape index (κ3) is 1.40. The molecule has 1 aliphatic heterocycles. The summed E-state index contributed by atoms with van der Waals surface area (Å²) in [6.45, 7) is 1.11. The fraction of sp³-hybridized carbons (Fsp3) is 0.333. The molecule has 4 nitrogen and oxygen atoms in total. The molecule has 1 aliphatic rings. The number of nitrogens with one attached hydrogen (secondary N) is 1. The van der Waals surface area contributed by atoms with Crippen LogP contribution in [0.5, 0.6) is 0 Å². The number of carbonyl (C=O) groups excluding carboxylic acids is 1. The van der Waals surface area contributed by atoms with Crippen LogP contribution in [-0.2, 0) is 17.8 Å². The summed E-state index contributed by atoms with van der Waals surface area (Å²) in [6.07, 6.45) is 1.28. The molecule has 0 fully saturated rings. The highest BCUT2D eigenvalue weighted by atomic mass is 16.5. The zero-order chi connectivity index (χ0) is 9.26. The molecule has 2 rings (SSSR count). The Morgan fingerprint density at radius 3 is 3.15 bits per heavy atom. The number of carbonyl (C=O) groups is 1. The zero-order valence-electron chi connectivity index (χ0n) is 7.00. The van der Waals surface area contributed by atoms with Gasteiger partial charge >= 0.3 is 0 Å². The van der Waals surface area contributed by atoms with Crippen molar-refractivity contribution >= 4 is 6.29 Å². The second-order valence-electron chi connectivity index (χ2n) is 2.98. The number of hydrogen-bond acceptors (Lipinski definition) is 3. The van der Waals surface area contributed by atoms with E-state index in [4.69, 9.17) is 4.74 Å². The van der Waals surface area contributed by atoms with Gasteiger partial charge in [-0.25, -0.2) is 0 Å². The van der Waals surface area contributed by atoms with Crippen molar-refractivity contribution in [3.63, 3.8) is 0 Å². The van der Waals surface area contributed by atoms with E-state index in [1.807, 2.05) is 0 Å². The molecule has 1 N–H and O–H groups in total. The van der Waals surface area contributed by atoms with Crippen molar-refractivity contribution in [2.45, 2.75) is 13.0 Å². The van der Waals surface area contributed by atoms with E-state index < -0.39 is 0 Å². The molecule has 2 heterocycles. The zero-order valence-corrected chi connectivity index (χ0v) is 7.00. The highest BCUT2D eigenvalue weighted by Gasteiger charge is 2.12. The highest BCUT2D eigenvalue weighted by Crippen LogP contribution is 2.12. The van der Waals surface area contributed by atoms with E-state index >= 15 is 0 Å². The first-order chi connectivity index (χ1) is 6.31. The van der Waals surface area contributed by atoms with Crippen LogP contribution in [0.1, 0.15) is 21.6 Å². The van der Waals surface area contributed by atoms with Gasteiger partial charge in [0.2, 0.25) is 0 Å². The summed E-state index contributed by atoms with van der Waals surface area (Å²) in [5.41, 5.74) is 1.66. The van der Waals surface area contributed by atoms with Crippen LogP contribution in [0.3, 0.4) is 0 Å². The maximum atomic E-state index is 11.2. The predicted octanol–water partition coefficient (Wildman–Crippen LogP) is 0.260. The summed E-state index contributed by atoms with van der Waals surface area (Å²) in [6, 6.07) is 1.60. The van der Waals surface area contributed by atoms with E-state index in [1.54, 1.807) is 6.07 Å². The molecule has 0 saturated carbocycles. The Balaban J connectivity index is 2.57. The molecule has 4 heteroatoms. The molecule has 0 aromatic carbocycles. The molecule has 0 atom stereocenters. The first-order valence-electron chi connectivity index (χ1n) is 4.09. The lowest BCUT2D eigenvalue weighted by atomic mass is 10.1. The molecule has 1 aromatic rings. The molecule has 0 bridgehead atoms. The number of ether oxygens (including phenoxy) is 1. The lowest BCUT2D eigenvalue weighted by Crippen LogP contribution is -2.20. The van der Waals surface area contributed by atoms with E-state index in [1.165, 1.54) is 0 Å². The molecular weight excluding hydrogens is 170 g/mol. The van der Waals surface area contributed by atoms with E-state index in [0.29, 0.717) is 25.9 Å². The van der Waals surface area contributed by atoms with Gasteiger partial charge in [-0.15, -0.1) is 0 Å². The number of aromatic nitrogens is 1. The summed E-state index contributed by atoms with van der Waals surface area (Å²) in [5.74, 6) is 0. The maximum Gasteiger partial charge on any atom is 0.258 e. The standard InChI is InChI=1S/C9H9NO3/c11-4-6-3-7-5-13-2-1-8(7)10-9(6)12/h3-4H,1-2,5H2,(H,10,12). The van der Waals surface area contributed by atoms with Crippen LogP contribution in [0, 0.1) is 0 Å². The fourth-order valence-corrected chi connectivity index (χ4v) is 1.43. The first-order valence-corrected chi connectivity index (χ1v) is 4.09. The van der Waals surface area contributed by atoms with Gasteiger partial charge in [-0.05, 0) is 11.6 Å². The molecule has 0 radical (unpaired) electrons. The topological polar surface area (TPSA) is 59.2 Å². The van der Waals surface area contributed by atoms with Crippen LogP contribution in [0.2, 0.25) is 0 Å². The number of aldehydes is 1. The van der Waals surface area contributed by atoms with Crippen molar-refractivity contribution in [1.82, 2.24) is 4.98 Å². The van der Waals surface area contributed by atoms with Gasteiger partial charge < -0.3 is 9.72 Å². The number of hydrogen-bond donors (Lipinski definition) is 1. The number of rotatable bonds is 1. The van der Waals surface area contributed by atoms with E-state index in [2.05, 4.69) is 4.98 Å². The average molecular weight is 179 g/mol. The van der Waals surface area contributed by atoms with Gasteiger partial charge in [-0.2, -0.15) is 0 Å². The lowest BCUT2D eigenvalue weighted by molar-refractivity contribution is 0.108. The quantitative estimate of drug-likeness (QED) is 0.629. The van der Waals surface area contributed by atoms with Crippen molar-refractivity contribution in [3.05, 3.63) is 33.2 Å². The molecule has 0 spiro atoms. The van der Waals surface area contributed by atoms with E-state index in [0.717, 1.165) is 11.3 Å². The first kappa shape index (κ1) is 8.19. The summed E-state index contributed by atoms with van der Waals surface area (Å²) in [5, 5.41) is 0. The molecule has 0 unspecified atom stereocenters. The van der Waals surface area contributed by atoms with Crippen LogP contribution >= 0.6 is 0 Å². The number of aromatic amines is 1. The molecule has 13 heavy (non-hydrogen) atoms. The molecule has 0 saturated heterocycles. The van der Waals surface area contributed by atoms with Crippen LogP contribution in [0.25, 0.3) is 0 Å². The number of pyridine rings is 1. The van der Waals surface area contributed by atoms with Crippen molar-refractivity contribution in [2.75, 3.05) is 6.61 Å². The molecule has 0 aliphatic carbocycles. The van der Waals surface area contributed by atoms with Crippen LogP contribution in [-0.4, -0.2) is 17.9 Å². The molecular formula is C9H9NO3.